The number of hydrogen-bond donors (Lipinski definition) is 1. The van der Waals surface area contributed by atoms with Gasteiger partial charge in [-0.3, -0.25) is 9.63 Å². The van der Waals surface area contributed by atoms with Gasteiger partial charge in [0.05, 0.1) is 33.0 Å². The molecule has 1 N–H and O–H groups in total. The monoisotopic (exact) mass is 827 g/mol. The van der Waals surface area contributed by atoms with E-state index in [0.717, 1.165) is 38.9 Å². The second-order valence-electron chi connectivity index (χ2n) is 14.9. The molecule has 0 aliphatic rings. The molecule has 1 amide bonds. The highest BCUT2D eigenvalue weighted by molar-refractivity contribution is 5.48. The van der Waals surface area contributed by atoms with E-state index in [9.17, 15) is 9.90 Å². The molecule has 0 aromatic heterocycles. The van der Waals surface area contributed by atoms with E-state index >= 15 is 0 Å². The van der Waals surface area contributed by atoms with Gasteiger partial charge >= 0.3 is 0 Å². The fourth-order valence-corrected chi connectivity index (χ4v) is 7.62. The van der Waals surface area contributed by atoms with Crippen LogP contribution in [0.25, 0.3) is 0 Å². The van der Waals surface area contributed by atoms with Crippen LogP contribution in [0.3, 0.4) is 0 Å². The minimum absolute atomic E-state index is 0.0894. The fourth-order valence-electron chi connectivity index (χ4n) is 7.62. The Balaban J connectivity index is 1.36. The van der Waals surface area contributed by atoms with Crippen LogP contribution >= 0.6 is 0 Å². The molecular weight excluding hydrogens is 775 g/mol. The van der Waals surface area contributed by atoms with E-state index in [1.165, 1.54) is 5.06 Å². The Morgan fingerprint density at radius 1 is 0.452 bits per heavy atom. The van der Waals surface area contributed by atoms with Gasteiger partial charge in [0.15, 0.2) is 0 Å². The molecule has 0 heterocycles. The maximum Gasteiger partial charge on any atom is 0.233 e. The van der Waals surface area contributed by atoms with E-state index in [4.69, 9.17) is 23.8 Å². The Hall–Kier alpha value is -6.23. The van der Waals surface area contributed by atoms with Crippen LogP contribution in [0.1, 0.15) is 38.9 Å². The Morgan fingerprint density at radius 2 is 0.790 bits per heavy atom. The van der Waals surface area contributed by atoms with Crippen LogP contribution in [0.2, 0.25) is 0 Å². The predicted molar refractivity (Wildman–Crippen MR) is 240 cm³/mol. The molecule has 0 saturated heterocycles. The van der Waals surface area contributed by atoms with E-state index in [1.807, 2.05) is 212 Å². The van der Waals surface area contributed by atoms with Gasteiger partial charge in [0, 0.05) is 0 Å². The summed E-state index contributed by atoms with van der Waals surface area (Å²) in [6, 6.07) is 68.2. The van der Waals surface area contributed by atoms with Gasteiger partial charge in [0.1, 0.15) is 36.6 Å². The van der Waals surface area contributed by atoms with Gasteiger partial charge in [-0.05, 0) is 38.9 Å². The lowest BCUT2D eigenvalue weighted by atomic mass is 9.80. The van der Waals surface area contributed by atoms with Gasteiger partial charge in [-0.25, -0.2) is 5.06 Å². The molecule has 316 valence electrons. The van der Waals surface area contributed by atoms with Crippen molar-refractivity contribution in [2.45, 2.75) is 56.4 Å². The van der Waals surface area contributed by atoms with Crippen LogP contribution in [-0.2, 0) is 60.6 Å². The number of nitrogens with zero attached hydrogens (tertiary/aromatic N) is 1. The summed E-state index contributed by atoms with van der Waals surface area (Å²) < 4.78 is 27.9. The molecule has 8 nitrogen and oxygen atoms in total. The summed E-state index contributed by atoms with van der Waals surface area (Å²) in [6.45, 7) is 0.101. The van der Waals surface area contributed by atoms with Crippen molar-refractivity contribution in [3.63, 3.8) is 0 Å². The standard InChI is InChI=1S/C54H53NO7/c56-36-51(58-37-43-22-8-1-9-23-43)53(60-39-45-26-12-3-13-27-45)52(59-38-44-24-10-2-11-25-44)50(55(42-57)62-40-46-28-14-4-15-29-46)41-61-54(47-30-16-5-17-31-47,48-32-18-6-19-33-48)49-34-20-7-21-35-49/h1-35,42,50-53,56H,36-41H2/t50?,51-,52+,53-/m1/s1. The van der Waals surface area contributed by atoms with Crippen molar-refractivity contribution in [2.24, 2.45) is 0 Å². The predicted octanol–water partition coefficient (Wildman–Crippen LogP) is 9.70. The average Bonchev–Trinajstić information content (AvgIpc) is 3.35. The maximum atomic E-state index is 13.6. The molecule has 0 aliphatic carbocycles. The molecule has 7 aromatic rings. The Bertz CT molecular complexity index is 2190. The van der Waals surface area contributed by atoms with Crippen molar-refractivity contribution in [3.05, 3.63) is 251 Å². The van der Waals surface area contributed by atoms with Gasteiger partial charge in [0.25, 0.3) is 0 Å². The summed E-state index contributed by atoms with van der Waals surface area (Å²) >= 11 is 0. The van der Waals surface area contributed by atoms with Crippen molar-refractivity contribution in [1.29, 1.82) is 0 Å². The number of carbonyl (C=O) groups is 1. The molecule has 0 radical (unpaired) electrons. The van der Waals surface area contributed by atoms with E-state index in [1.54, 1.807) is 0 Å². The molecule has 0 aliphatic heterocycles. The van der Waals surface area contributed by atoms with Crippen LogP contribution < -0.4 is 0 Å². The Morgan fingerprint density at radius 3 is 1.16 bits per heavy atom. The van der Waals surface area contributed by atoms with Crippen LogP contribution in [-0.4, -0.2) is 54.1 Å². The third-order valence-corrected chi connectivity index (χ3v) is 10.8. The summed E-state index contributed by atoms with van der Waals surface area (Å²) in [7, 11) is 0. The number of ether oxygens (including phenoxy) is 4. The van der Waals surface area contributed by atoms with Crippen molar-refractivity contribution in [3.8, 4) is 0 Å². The molecular formula is C54H53NO7. The van der Waals surface area contributed by atoms with Crippen LogP contribution in [0.5, 0.6) is 0 Å². The zero-order valence-corrected chi connectivity index (χ0v) is 34.7. The van der Waals surface area contributed by atoms with E-state index in [2.05, 4.69) is 0 Å². The summed E-state index contributed by atoms with van der Waals surface area (Å²) in [5, 5.41) is 12.5. The highest BCUT2D eigenvalue weighted by Crippen LogP contribution is 2.41. The zero-order valence-electron chi connectivity index (χ0n) is 34.7. The molecule has 4 atom stereocenters. The van der Waals surface area contributed by atoms with Crippen molar-refractivity contribution in [1.82, 2.24) is 5.06 Å². The van der Waals surface area contributed by atoms with Gasteiger partial charge in [-0.2, -0.15) is 0 Å². The van der Waals surface area contributed by atoms with Gasteiger partial charge in [0.2, 0.25) is 6.41 Å². The van der Waals surface area contributed by atoms with Crippen LogP contribution in [0, 0.1) is 0 Å². The first-order chi connectivity index (χ1) is 30.7. The first-order valence-corrected chi connectivity index (χ1v) is 21.0. The molecule has 8 heteroatoms. The summed E-state index contributed by atoms with van der Waals surface area (Å²) in [4.78, 5) is 20.1. The fraction of sp³-hybridized carbons (Fsp3) is 0.204. The van der Waals surface area contributed by atoms with Gasteiger partial charge < -0.3 is 24.1 Å². The SMILES string of the molecule is O=CN(OCc1ccccc1)C(COC(c1ccccc1)(c1ccccc1)c1ccccc1)[C@H](OCc1ccccc1)[C@H](OCc1ccccc1)[C@@H](CO)OCc1ccccc1. The molecule has 0 bridgehead atoms. The lowest BCUT2D eigenvalue weighted by Gasteiger charge is -2.42. The third-order valence-electron chi connectivity index (χ3n) is 10.8. The average molecular weight is 828 g/mol. The quantitative estimate of drug-likeness (QED) is 0.0369. The minimum Gasteiger partial charge on any atom is -0.394 e. The number of carbonyl (C=O) groups excluding carboxylic acids is 1. The number of hydrogen-bond acceptors (Lipinski definition) is 7. The van der Waals surface area contributed by atoms with E-state index in [0.29, 0.717) is 6.41 Å². The second-order valence-corrected chi connectivity index (χ2v) is 14.9. The van der Waals surface area contributed by atoms with E-state index < -0.39 is 36.6 Å². The highest BCUT2D eigenvalue weighted by atomic mass is 16.7. The van der Waals surface area contributed by atoms with Crippen LogP contribution in [0.15, 0.2) is 212 Å². The van der Waals surface area contributed by atoms with Crippen LogP contribution in [0.4, 0.5) is 0 Å². The van der Waals surface area contributed by atoms with E-state index in [-0.39, 0.29) is 33.0 Å². The van der Waals surface area contributed by atoms with Gasteiger partial charge in [-0.1, -0.05) is 212 Å². The van der Waals surface area contributed by atoms with Crippen molar-refractivity contribution >= 4 is 6.41 Å². The molecule has 0 fully saturated rings. The normalized spacial score (nSPS) is 13.4. The topological polar surface area (TPSA) is 86.7 Å². The van der Waals surface area contributed by atoms with Crippen molar-refractivity contribution in [2.75, 3.05) is 13.2 Å². The van der Waals surface area contributed by atoms with Crippen molar-refractivity contribution < 1.29 is 33.7 Å². The molecule has 7 aromatic carbocycles. The minimum atomic E-state index is -1.15. The zero-order chi connectivity index (χ0) is 42.7. The number of rotatable bonds is 24. The number of benzene rings is 7. The molecule has 0 spiro atoms. The first kappa shape index (κ1) is 43.8. The smallest absolute Gasteiger partial charge is 0.233 e. The Kier molecular flexibility index (Phi) is 16.3. The third kappa shape index (κ3) is 11.6. The number of amides is 1. The first-order valence-electron chi connectivity index (χ1n) is 21.0. The highest BCUT2D eigenvalue weighted by Gasteiger charge is 2.44. The summed E-state index contributed by atoms with van der Waals surface area (Å²) in [5.74, 6) is 0. The number of aliphatic hydroxyl groups excluding tert-OH is 1. The Labute approximate surface area is 364 Å². The summed E-state index contributed by atoms with van der Waals surface area (Å²) in [5.41, 5.74) is 5.11. The summed E-state index contributed by atoms with van der Waals surface area (Å²) in [6.07, 6.45) is -2.19. The number of hydroxylamine groups is 2. The van der Waals surface area contributed by atoms with Gasteiger partial charge in [-0.15, -0.1) is 0 Å². The molecule has 1 unspecified atom stereocenters. The molecule has 0 saturated carbocycles. The lowest BCUT2D eigenvalue weighted by Crippen LogP contribution is -2.57. The largest absolute Gasteiger partial charge is 0.394 e. The lowest BCUT2D eigenvalue weighted by molar-refractivity contribution is -0.245. The molecule has 7 rings (SSSR count). The maximum absolute atomic E-state index is 13.6. The number of aliphatic hydroxyl groups is 1. The molecule has 62 heavy (non-hydrogen) atoms. The second kappa shape index (κ2) is 23.1.